The average Bonchev–Trinajstić information content (AvgIpc) is 2.85. The Morgan fingerprint density at radius 1 is 0.818 bits per heavy atom. The Bertz CT molecular complexity index is 616. The summed E-state index contributed by atoms with van der Waals surface area (Å²) in [4.78, 5) is 14.8. The van der Waals surface area contributed by atoms with Crippen molar-refractivity contribution in [2.75, 3.05) is 23.3 Å². The summed E-state index contributed by atoms with van der Waals surface area (Å²) in [6.07, 6.45) is 5.05. The molecular weight excluding hydrogens is 272 g/mol. The number of carbonyl (C=O) groups is 1. The Kier molecular flexibility index (Phi) is 4.74. The van der Waals surface area contributed by atoms with Gasteiger partial charge in [0.05, 0.1) is 11.4 Å². The Morgan fingerprint density at radius 3 is 2.18 bits per heavy atom. The molecule has 1 fully saturated rings. The molecule has 0 spiro atoms. The highest BCUT2D eigenvalue weighted by Gasteiger charge is 2.15. The topological polar surface area (TPSA) is 32.3 Å². The maximum Gasteiger partial charge on any atom is 0.255 e. The second-order valence-corrected chi connectivity index (χ2v) is 5.74. The van der Waals surface area contributed by atoms with E-state index < -0.39 is 0 Å². The maximum atomic E-state index is 12.4. The Morgan fingerprint density at radius 2 is 1.45 bits per heavy atom. The fourth-order valence-electron chi connectivity index (χ4n) is 2.95. The van der Waals surface area contributed by atoms with Gasteiger partial charge in [-0.3, -0.25) is 4.79 Å². The molecular formula is C19H22N2O. The van der Waals surface area contributed by atoms with Gasteiger partial charge in [-0.1, -0.05) is 43.2 Å². The molecule has 0 radical (unpaired) electrons. The summed E-state index contributed by atoms with van der Waals surface area (Å²) in [7, 11) is 0. The third-order valence-electron chi connectivity index (χ3n) is 4.13. The molecule has 1 saturated heterocycles. The lowest BCUT2D eigenvalue weighted by molar-refractivity contribution is 0.102. The molecule has 1 heterocycles. The molecule has 2 aromatic carbocycles. The molecule has 22 heavy (non-hydrogen) atoms. The molecule has 0 aliphatic carbocycles. The molecule has 1 aliphatic rings. The van der Waals surface area contributed by atoms with Crippen molar-refractivity contribution in [1.82, 2.24) is 0 Å². The number of para-hydroxylation sites is 2. The van der Waals surface area contributed by atoms with Crippen molar-refractivity contribution in [3.05, 3.63) is 60.2 Å². The van der Waals surface area contributed by atoms with Crippen molar-refractivity contribution in [2.24, 2.45) is 0 Å². The van der Waals surface area contributed by atoms with Gasteiger partial charge in [0, 0.05) is 18.7 Å². The summed E-state index contributed by atoms with van der Waals surface area (Å²) in [6, 6.07) is 17.5. The number of hydrogen-bond acceptors (Lipinski definition) is 2. The maximum absolute atomic E-state index is 12.4. The average molecular weight is 294 g/mol. The van der Waals surface area contributed by atoms with Crippen molar-refractivity contribution in [2.45, 2.75) is 25.7 Å². The highest BCUT2D eigenvalue weighted by molar-refractivity contribution is 6.05. The number of nitrogens with one attached hydrogen (secondary N) is 1. The Hall–Kier alpha value is -2.29. The van der Waals surface area contributed by atoms with E-state index >= 15 is 0 Å². The van der Waals surface area contributed by atoms with E-state index in [1.165, 1.54) is 25.7 Å². The van der Waals surface area contributed by atoms with Gasteiger partial charge in [-0.15, -0.1) is 0 Å². The van der Waals surface area contributed by atoms with Crippen molar-refractivity contribution < 1.29 is 4.79 Å². The zero-order valence-electron chi connectivity index (χ0n) is 12.8. The van der Waals surface area contributed by atoms with E-state index in [0.29, 0.717) is 5.56 Å². The van der Waals surface area contributed by atoms with Gasteiger partial charge in [0.15, 0.2) is 0 Å². The number of hydrogen-bond donors (Lipinski definition) is 1. The van der Waals surface area contributed by atoms with Crippen molar-refractivity contribution in [3.63, 3.8) is 0 Å². The van der Waals surface area contributed by atoms with Crippen LogP contribution >= 0.6 is 0 Å². The van der Waals surface area contributed by atoms with Gasteiger partial charge in [0.2, 0.25) is 0 Å². The lowest BCUT2D eigenvalue weighted by atomic mass is 10.2. The number of amides is 1. The second kappa shape index (κ2) is 7.12. The standard InChI is InChI=1S/C19H22N2O/c22-19(16-10-4-3-5-11-16)20-17-12-6-7-13-18(17)21-14-8-1-2-9-15-21/h3-7,10-13H,1-2,8-9,14-15H2,(H,20,22). The third-order valence-corrected chi connectivity index (χ3v) is 4.13. The number of rotatable bonds is 3. The molecule has 1 aliphatic heterocycles. The van der Waals surface area contributed by atoms with Crippen LogP contribution in [0.1, 0.15) is 36.0 Å². The predicted molar refractivity (Wildman–Crippen MR) is 91.5 cm³/mol. The third kappa shape index (κ3) is 3.48. The zero-order chi connectivity index (χ0) is 15.2. The van der Waals surface area contributed by atoms with E-state index in [9.17, 15) is 4.79 Å². The van der Waals surface area contributed by atoms with Gasteiger partial charge in [-0.2, -0.15) is 0 Å². The van der Waals surface area contributed by atoms with Crippen LogP contribution < -0.4 is 10.2 Å². The smallest absolute Gasteiger partial charge is 0.255 e. The summed E-state index contributed by atoms with van der Waals surface area (Å²) >= 11 is 0. The minimum absolute atomic E-state index is 0.0529. The van der Waals surface area contributed by atoms with E-state index in [0.717, 1.165) is 24.5 Å². The first-order valence-electron chi connectivity index (χ1n) is 8.05. The van der Waals surface area contributed by atoms with Gasteiger partial charge in [-0.05, 0) is 37.1 Å². The molecule has 0 saturated carbocycles. The molecule has 0 bridgehead atoms. The van der Waals surface area contributed by atoms with Crippen LogP contribution in [-0.4, -0.2) is 19.0 Å². The summed E-state index contributed by atoms with van der Waals surface area (Å²) in [6.45, 7) is 2.14. The highest BCUT2D eigenvalue weighted by Crippen LogP contribution is 2.28. The predicted octanol–water partition coefficient (Wildman–Crippen LogP) is 4.32. The van der Waals surface area contributed by atoms with Crippen LogP contribution in [-0.2, 0) is 0 Å². The highest BCUT2D eigenvalue weighted by atomic mass is 16.1. The van der Waals surface area contributed by atoms with Gasteiger partial charge < -0.3 is 10.2 Å². The van der Waals surface area contributed by atoms with E-state index in [4.69, 9.17) is 0 Å². The number of nitrogens with zero attached hydrogens (tertiary/aromatic N) is 1. The fourth-order valence-corrected chi connectivity index (χ4v) is 2.95. The quantitative estimate of drug-likeness (QED) is 0.914. The normalized spacial score (nSPS) is 15.2. The molecule has 3 heteroatoms. The van der Waals surface area contributed by atoms with Gasteiger partial charge in [0.25, 0.3) is 5.91 Å². The van der Waals surface area contributed by atoms with Crippen LogP contribution in [0.15, 0.2) is 54.6 Å². The van der Waals surface area contributed by atoms with Crippen molar-refractivity contribution in [3.8, 4) is 0 Å². The minimum atomic E-state index is -0.0529. The molecule has 1 N–H and O–H groups in total. The first-order chi connectivity index (χ1) is 10.8. The molecule has 1 amide bonds. The van der Waals surface area contributed by atoms with Gasteiger partial charge >= 0.3 is 0 Å². The van der Waals surface area contributed by atoms with Gasteiger partial charge in [0.1, 0.15) is 0 Å². The van der Waals surface area contributed by atoms with E-state index in [1.54, 1.807) is 0 Å². The largest absolute Gasteiger partial charge is 0.370 e. The summed E-state index contributed by atoms with van der Waals surface area (Å²) in [5.74, 6) is -0.0529. The Balaban J connectivity index is 1.80. The van der Waals surface area contributed by atoms with Gasteiger partial charge in [-0.25, -0.2) is 0 Å². The fraction of sp³-hybridized carbons (Fsp3) is 0.316. The lowest BCUT2D eigenvalue weighted by Crippen LogP contribution is -2.25. The van der Waals surface area contributed by atoms with Crippen molar-refractivity contribution in [1.29, 1.82) is 0 Å². The number of benzene rings is 2. The van der Waals surface area contributed by atoms with Crippen LogP contribution in [0.3, 0.4) is 0 Å². The van der Waals surface area contributed by atoms with E-state index in [2.05, 4.69) is 16.3 Å². The molecule has 0 aromatic heterocycles. The zero-order valence-corrected chi connectivity index (χ0v) is 12.8. The molecule has 3 nitrogen and oxygen atoms in total. The summed E-state index contributed by atoms with van der Waals surface area (Å²) in [5, 5.41) is 3.06. The van der Waals surface area contributed by atoms with E-state index in [1.807, 2.05) is 48.5 Å². The van der Waals surface area contributed by atoms with Crippen molar-refractivity contribution >= 4 is 17.3 Å². The number of anilines is 2. The van der Waals surface area contributed by atoms with Crippen LogP contribution in [0, 0.1) is 0 Å². The van der Waals surface area contributed by atoms with Crippen LogP contribution in [0.2, 0.25) is 0 Å². The lowest BCUT2D eigenvalue weighted by Gasteiger charge is -2.25. The number of carbonyl (C=O) groups excluding carboxylic acids is 1. The SMILES string of the molecule is O=C(Nc1ccccc1N1CCCCCC1)c1ccccc1. The molecule has 0 unspecified atom stereocenters. The first kappa shape index (κ1) is 14.6. The molecule has 3 rings (SSSR count). The summed E-state index contributed by atoms with van der Waals surface area (Å²) in [5.41, 5.74) is 2.72. The molecule has 2 aromatic rings. The Labute approximate surface area is 132 Å². The first-order valence-corrected chi connectivity index (χ1v) is 8.05. The second-order valence-electron chi connectivity index (χ2n) is 5.74. The minimum Gasteiger partial charge on any atom is -0.370 e. The monoisotopic (exact) mass is 294 g/mol. The van der Waals surface area contributed by atoms with Crippen LogP contribution in [0.5, 0.6) is 0 Å². The van der Waals surface area contributed by atoms with Crippen LogP contribution in [0.25, 0.3) is 0 Å². The molecule has 114 valence electrons. The van der Waals surface area contributed by atoms with Crippen LogP contribution in [0.4, 0.5) is 11.4 Å². The van der Waals surface area contributed by atoms with E-state index in [-0.39, 0.29) is 5.91 Å². The molecule has 0 atom stereocenters. The summed E-state index contributed by atoms with van der Waals surface area (Å²) < 4.78 is 0.